The van der Waals surface area contributed by atoms with Crippen molar-refractivity contribution in [2.75, 3.05) is 11.4 Å². The zero-order chi connectivity index (χ0) is 22.2. The molecule has 0 spiro atoms. The monoisotopic (exact) mass is 436 g/mol. The molecular weight excluding hydrogens is 412 g/mol. The van der Waals surface area contributed by atoms with E-state index in [4.69, 9.17) is 0 Å². The molecule has 1 aromatic heterocycles. The van der Waals surface area contributed by atoms with Gasteiger partial charge in [0, 0.05) is 29.5 Å². The molecule has 0 bridgehead atoms. The zero-order valence-electron chi connectivity index (χ0n) is 17.6. The van der Waals surface area contributed by atoms with Gasteiger partial charge < -0.3 is 4.90 Å². The van der Waals surface area contributed by atoms with Crippen LogP contribution in [0.5, 0.6) is 0 Å². The molecule has 3 aromatic rings. The maximum atomic E-state index is 12.0. The van der Waals surface area contributed by atoms with Gasteiger partial charge >= 0.3 is 0 Å². The quantitative estimate of drug-likeness (QED) is 0.426. The number of hydrogen-bond acceptors (Lipinski definition) is 6. The number of rotatable bonds is 4. The molecule has 8 heteroatoms. The van der Waals surface area contributed by atoms with Gasteiger partial charge in [0.25, 0.3) is 10.1 Å². The van der Waals surface area contributed by atoms with Crippen LogP contribution < -0.4 is 4.90 Å². The van der Waals surface area contributed by atoms with Gasteiger partial charge in [-0.1, -0.05) is 30.3 Å². The fourth-order valence-electron chi connectivity index (χ4n) is 3.74. The van der Waals surface area contributed by atoms with Gasteiger partial charge in [0.05, 0.1) is 0 Å². The third kappa shape index (κ3) is 4.50. The molecule has 1 aliphatic rings. The van der Waals surface area contributed by atoms with Crippen LogP contribution in [0, 0.1) is 0 Å². The molecule has 0 amide bonds. The summed E-state index contributed by atoms with van der Waals surface area (Å²) in [7, 11) is -4.47. The minimum absolute atomic E-state index is 0.103. The summed E-state index contributed by atoms with van der Waals surface area (Å²) < 4.78 is 33.9. The van der Waals surface area contributed by atoms with Gasteiger partial charge in [0.1, 0.15) is 10.6 Å². The van der Waals surface area contributed by atoms with Crippen molar-refractivity contribution in [2.45, 2.75) is 37.6 Å². The minimum Gasteiger partial charge on any atom is -0.366 e. The molecule has 2 aromatic carbocycles. The molecule has 160 valence electrons. The number of azo groups is 1. The van der Waals surface area contributed by atoms with Crippen molar-refractivity contribution >= 4 is 27.3 Å². The molecule has 1 aliphatic heterocycles. The van der Waals surface area contributed by atoms with Gasteiger partial charge in [-0.15, -0.1) is 10.2 Å². The van der Waals surface area contributed by atoms with Crippen molar-refractivity contribution in [1.82, 2.24) is 4.98 Å². The summed E-state index contributed by atoms with van der Waals surface area (Å²) in [6.45, 7) is 6.96. The molecule has 0 radical (unpaired) electrons. The molecule has 31 heavy (non-hydrogen) atoms. The zero-order valence-corrected chi connectivity index (χ0v) is 18.5. The van der Waals surface area contributed by atoms with Crippen LogP contribution in [0.2, 0.25) is 0 Å². The smallest absolute Gasteiger partial charge is 0.296 e. The van der Waals surface area contributed by atoms with E-state index in [0.717, 1.165) is 35.3 Å². The van der Waals surface area contributed by atoms with Crippen LogP contribution in [-0.2, 0) is 16.5 Å². The largest absolute Gasteiger partial charge is 0.366 e. The highest BCUT2D eigenvalue weighted by atomic mass is 32.2. The average molecular weight is 437 g/mol. The van der Waals surface area contributed by atoms with Gasteiger partial charge in [-0.2, -0.15) is 8.42 Å². The summed E-state index contributed by atoms with van der Waals surface area (Å²) in [6, 6.07) is 16.6. The van der Waals surface area contributed by atoms with E-state index < -0.39 is 10.1 Å². The molecule has 0 aliphatic carbocycles. The second-order valence-corrected chi connectivity index (χ2v) is 9.86. The van der Waals surface area contributed by atoms with Crippen molar-refractivity contribution in [2.24, 2.45) is 10.2 Å². The maximum absolute atomic E-state index is 12.0. The lowest BCUT2D eigenvalue weighted by Gasteiger charge is -2.34. The average Bonchev–Trinajstić information content (AvgIpc) is 3.15. The van der Waals surface area contributed by atoms with E-state index >= 15 is 0 Å². The van der Waals surface area contributed by atoms with E-state index in [2.05, 4.69) is 40.9 Å². The number of benzene rings is 2. The van der Waals surface area contributed by atoms with Crippen molar-refractivity contribution in [3.8, 4) is 11.1 Å². The molecule has 2 heterocycles. The lowest BCUT2D eigenvalue weighted by molar-refractivity contribution is 0.483. The maximum Gasteiger partial charge on any atom is 0.296 e. The Labute approximate surface area is 182 Å². The highest BCUT2D eigenvalue weighted by Gasteiger charge is 2.31. The Hall–Kier alpha value is -3.10. The van der Waals surface area contributed by atoms with Crippen molar-refractivity contribution in [1.29, 1.82) is 0 Å². The Morgan fingerprint density at radius 1 is 1.00 bits per heavy atom. The van der Waals surface area contributed by atoms with Crippen LogP contribution in [0.4, 0.5) is 17.2 Å². The first-order valence-corrected chi connectivity index (χ1v) is 11.4. The third-order valence-electron chi connectivity index (χ3n) is 5.26. The topological polar surface area (TPSA) is 95.2 Å². The molecule has 0 fully saturated rings. The summed E-state index contributed by atoms with van der Waals surface area (Å²) in [5.41, 5.74) is 3.68. The summed E-state index contributed by atoms with van der Waals surface area (Å²) in [4.78, 5) is 6.17. The van der Waals surface area contributed by atoms with E-state index in [1.807, 2.05) is 36.4 Å². The first kappa shape index (κ1) is 21.1. The fraction of sp³-hybridized carbons (Fsp3) is 0.261. The van der Waals surface area contributed by atoms with Gasteiger partial charge in [0.2, 0.25) is 0 Å². The van der Waals surface area contributed by atoms with Crippen LogP contribution in [0.1, 0.15) is 26.3 Å². The summed E-state index contributed by atoms with van der Waals surface area (Å²) in [5.74, 6) is 0.345. The Balaban J connectivity index is 1.68. The molecule has 4 rings (SSSR count). The van der Waals surface area contributed by atoms with E-state index in [9.17, 15) is 13.0 Å². The van der Waals surface area contributed by atoms with Crippen molar-refractivity contribution in [3.63, 3.8) is 0 Å². The highest BCUT2D eigenvalue weighted by molar-refractivity contribution is 7.86. The van der Waals surface area contributed by atoms with Crippen molar-refractivity contribution < 1.29 is 13.0 Å². The molecule has 0 atom stereocenters. The van der Waals surface area contributed by atoms with Crippen LogP contribution in [0.3, 0.4) is 0 Å². The summed E-state index contributed by atoms with van der Waals surface area (Å²) in [6.07, 6.45) is 2.46. The van der Waals surface area contributed by atoms with E-state index in [1.54, 1.807) is 18.3 Å². The third-order valence-corrected chi connectivity index (χ3v) is 6.14. The molecular formula is C23H24N4O3S. The Morgan fingerprint density at radius 3 is 2.35 bits per heavy atom. The summed E-state index contributed by atoms with van der Waals surface area (Å²) >= 11 is 0. The second kappa shape index (κ2) is 7.86. The number of aromatic nitrogens is 1. The number of nitrogens with zero attached hydrogens (tertiary/aromatic N) is 4. The molecule has 1 N–H and O–H groups in total. The van der Waals surface area contributed by atoms with Crippen LogP contribution >= 0.6 is 0 Å². The Kier molecular flexibility index (Phi) is 5.36. The van der Waals surface area contributed by atoms with Gasteiger partial charge in [-0.05, 0) is 62.6 Å². The van der Waals surface area contributed by atoms with Crippen molar-refractivity contribution in [3.05, 3.63) is 66.4 Å². The Bertz CT molecular complexity index is 1230. The number of pyridine rings is 1. The molecule has 0 saturated carbocycles. The lowest BCUT2D eigenvalue weighted by atomic mass is 10.1. The molecule has 0 saturated heterocycles. The normalized spacial score (nSPS) is 14.3. The number of hydrogen-bond donors (Lipinski definition) is 1. The number of fused-ring (bicyclic) bond motifs is 1. The number of anilines is 1. The van der Waals surface area contributed by atoms with Gasteiger partial charge in [-0.3, -0.25) is 4.55 Å². The summed E-state index contributed by atoms with van der Waals surface area (Å²) in [5, 5.41) is 8.22. The SMILES string of the molecule is CC(C)(C)N1CCc2cc(N=Nc3ccc(-c4ccccc4)cn3)c(S(=O)(=O)O)cc21. The predicted octanol–water partition coefficient (Wildman–Crippen LogP) is 5.57. The second-order valence-electron chi connectivity index (χ2n) is 8.47. The standard InChI is InChI=1S/C23H24N4O3S/c1-23(2,3)27-12-11-17-13-19(21(14-20(17)27)31(28,29)30)25-26-22-10-9-18(15-24-22)16-7-5-4-6-8-16/h4-10,13-15H,11-12H2,1-3H3,(H,28,29,30). The lowest BCUT2D eigenvalue weighted by Crippen LogP contribution is -2.40. The van der Waals surface area contributed by atoms with E-state index in [-0.39, 0.29) is 16.1 Å². The van der Waals surface area contributed by atoms with Gasteiger partial charge in [0.15, 0.2) is 5.82 Å². The van der Waals surface area contributed by atoms with E-state index in [0.29, 0.717) is 5.82 Å². The van der Waals surface area contributed by atoms with Crippen LogP contribution in [0.25, 0.3) is 11.1 Å². The van der Waals surface area contributed by atoms with Crippen LogP contribution in [0.15, 0.2) is 75.9 Å². The highest BCUT2D eigenvalue weighted by Crippen LogP contribution is 2.40. The first-order chi connectivity index (χ1) is 14.6. The van der Waals surface area contributed by atoms with Gasteiger partial charge in [-0.25, -0.2) is 4.98 Å². The van der Waals surface area contributed by atoms with Crippen LogP contribution in [-0.4, -0.2) is 30.0 Å². The predicted molar refractivity (Wildman–Crippen MR) is 121 cm³/mol. The Morgan fingerprint density at radius 2 is 1.74 bits per heavy atom. The minimum atomic E-state index is -4.47. The first-order valence-electron chi connectivity index (χ1n) is 9.98. The fourth-order valence-corrected chi connectivity index (χ4v) is 4.36. The molecule has 0 unspecified atom stereocenters. The molecule has 7 nitrogen and oxygen atoms in total. The van der Waals surface area contributed by atoms with E-state index in [1.165, 1.54) is 6.07 Å².